The predicted molar refractivity (Wildman–Crippen MR) is 105 cm³/mol. The first-order chi connectivity index (χ1) is 13.8. The second-order valence-corrected chi connectivity index (χ2v) is 6.79. The van der Waals surface area contributed by atoms with Crippen LogP contribution in [0.2, 0.25) is 0 Å². The molecule has 0 spiro atoms. The fraction of sp³-hybridized carbons (Fsp3) is 0.263. The van der Waals surface area contributed by atoms with Crippen molar-refractivity contribution in [3.05, 3.63) is 74.3 Å². The Kier molecular flexibility index (Phi) is 5.26. The smallest absolute Gasteiger partial charge is 0.314 e. The molecule has 2 N–H and O–H groups in total. The van der Waals surface area contributed by atoms with Crippen LogP contribution in [0.4, 0.5) is 17.1 Å². The quantitative estimate of drug-likeness (QED) is 0.556. The molecular formula is C19H18N4O6. The number of hydrogen-bond acceptors (Lipinski definition) is 7. The summed E-state index contributed by atoms with van der Waals surface area (Å²) in [5.74, 6) is -1.41. The van der Waals surface area contributed by atoms with E-state index in [0.717, 1.165) is 12.1 Å². The molecule has 0 amide bonds. The third-order valence-electron chi connectivity index (χ3n) is 5.39. The largest absolute Gasteiger partial charge is 0.481 e. The molecule has 1 aliphatic carbocycles. The SMILES string of the molecule is C[C@H]1C(=NNc2ccc([N+](=O)[O-])cc2[N+](=O)[O-])CC[C@@]1(C(=O)O)c1ccccc1. The van der Waals surface area contributed by atoms with Gasteiger partial charge in [-0.25, -0.2) is 0 Å². The van der Waals surface area contributed by atoms with E-state index < -0.39 is 38.5 Å². The van der Waals surface area contributed by atoms with Crippen LogP contribution in [0.3, 0.4) is 0 Å². The van der Waals surface area contributed by atoms with Crippen LogP contribution >= 0.6 is 0 Å². The van der Waals surface area contributed by atoms with E-state index in [0.29, 0.717) is 24.1 Å². The summed E-state index contributed by atoms with van der Waals surface area (Å²) in [5, 5.41) is 36.3. The highest BCUT2D eigenvalue weighted by Crippen LogP contribution is 2.44. The number of nitro benzene ring substituents is 2. The van der Waals surface area contributed by atoms with Gasteiger partial charge in [0.2, 0.25) is 0 Å². The molecule has 0 aromatic heterocycles. The number of nitrogens with zero attached hydrogens (tertiary/aromatic N) is 3. The number of carboxylic acids is 1. The van der Waals surface area contributed by atoms with Crippen LogP contribution < -0.4 is 5.43 Å². The molecule has 0 aliphatic heterocycles. The number of carbonyl (C=O) groups is 1. The zero-order valence-electron chi connectivity index (χ0n) is 15.4. The second-order valence-electron chi connectivity index (χ2n) is 6.79. The van der Waals surface area contributed by atoms with Crippen LogP contribution in [0, 0.1) is 26.1 Å². The number of benzene rings is 2. The maximum Gasteiger partial charge on any atom is 0.314 e. The summed E-state index contributed by atoms with van der Waals surface area (Å²) in [7, 11) is 0. The van der Waals surface area contributed by atoms with Crippen LogP contribution in [-0.2, 0) is 10.2 Å². The third-order valence-corrected chi connectivity index (χ3v) is 5.39. The Bertz CT molecular complexity index is 1010. The molecule has 0 unspecified atom stereocenters. The number of hydrogen-bond donors (Lipinski definition) is 2. The summed E-state index contributed by atoms with van der Waals surface area (Å²) in [6.45, 7) is 1.76. The Labute approximate surface area is 165 Å². The van der Waals surface area contributed by atoms with Crippen molar-refractivity contribution in [3.63, 3.8) is 0 Å². The molecule has 0 radical (unpaired) electrons. The summed E-state index contributed by atoms with van der Waals surface area (Å²) in [6.07, 6.45) is 0.743. The molecular weight excluding hydrogens is 380 g/mol. The molecule has 150 valence electrons. The molecule has 1 aliphatic rings. The second kappa shape index (κ2) is 7.66. The number of anilines is 1. The van der Waals surface area contributed by atoms with Crippen molar-refractivity contribution in [2.45, 2.75) is 25.2 Å². The fourth-order valence-corrected chi connectivity index (χ4v) is 3.75. The first-order valence-electron chi connectivity index (χ1n) is 8.81. The number of rotatable bonds is 6. The molecule has 29 heavy (non-hydrogen) atoms. The van der Waals surface area contributed by atoms with Crippen molar-refractivity contribution in [1.82, 2.24) is 0 Å². The van der Waals surface area contributed by atoms with Crippen molar-refractivity contribution in [2.24, 2.45) is 11.0 Å². The molecule has 2 aromatic carbocycles. The minimum Gasteiger partial charge on any atom is -0.481 e. The lowest BCUT2D eigenvalue weighted by Gasteiger charge is -2.29. The first kappa shape index (κ1) is 19.9. The average Bonchev–Trinajstić information content (AvgIpc) is 3.04. The van der Waals surface area contributed by atoms with E-state index in [9.17, 15) is 30.1 Å². The van der Waals surface area contributed by atoms with Gasteiger partial charge in [-0.05, 0) is 24.5 Å². The van der Waals surface area contributed by atoms with Gasteiger partial charge in [-0.2, -0.15) is 5.10 Å². The standard InChI is InChI=1S/C19H18N4O6/c1-12-15(9-10-19(12,18(24)25)13-5-3-2-4-6-13)20-21-16-8-7-14(22(26)27)11-17(16)23(28)29/h2-8,11-12,21H,9-10H2,1H3,(H,24,25)/t12-,19-/m0/s1. The Balaban J connectivity index is 1.92. The summed E-state index contributed by atoms with van der Waals surface area (Å²) >= 11 is 0. The highest BCUT2D eigenvalue weighted by molar-refractivity contribution is 5.99. The molecule has 10 heteroatoms. The van der Waals surface area contributed by atoms with E-state index in [-0.39, 0.29) is 5.69 Å². The molecule has 0 saturated heterocycles. The molecule has 0 bridgehead atoms. The highest BCUT2D eigenvalue weighted by atomic mass is 16.6. The third kappa shape index (κ3) is 3.51. The number of carboxylic acid groups (broad SMARTS) is 1. The zero-order chi connectivity index (χ0) is 21.2. The summed E-state index contributed by atoms with van der Waals surface area (Å²) in [4.78, 5) is 32.8. The van der Waals surface area contributed by atoms with Gasteiger partial charge in [0.25, 0.3) is 5.69 Å². The number of nitro groups is 2. The first-order valence-corrected chi connectivity index (χ1v) is 8.81. The van der Waals surface area contributed by atoms with Gasteiger partial charge in [-0.1, -0.05) is 37.3 Å². The Morgan fingerprint density at radius 2 is 1.86 bits per heavy atom. The van der Waals surface area contributed by atoms with Gasteiger partial charge in [0.1, 0.15) is 11.1 Å². The van der Waals surface area contributed by atoms with Gasteiger partial charge >= 0.3 is 11.7 Å². The van der Waals surface area contributed by atoms with Crippen LogP contribution in [0.5, 0.6) is 0 Å². The lowest BCUT2D eigenvalue weighted by molar-refractivity contribution is -0.393. The van der Waals surface area contributed by atoms with Gasteiger partial charge in [0.15, 0.2) is 0 Å². The monoisotopic (exact) mass is 398 g/mol. The van der Waals surface area contributed by atoms with Crippen molar-refractivity contribution >= 4 is 28.7 Å². The molecule has 1 saturated carbocycles. The summed E-state index contributed by atoms with van der Waals surface area (Å²) in [5.41, 5.74) is 1.79. The van der Waals surface area contributed by atoms with Gasteiger partial charge in [-0.15, -0.1) is 0 Å². The molecule has 1 fully saturated rings. The van der Waals surface area contributed by atoms with Crippen LogP contribution in [0.1, 0.15) is 25.3 Å². The topological polar surface area (TPSA) is 148 Å². The molecule has 10 nitrogen and oxygen atoms in total. The fourth-order valence-electron chi connectivity index (χ4n) is 3.75. The number of non-ortho nitro benzene ring substituents is 1. The Morgan fingerprint density at radius 1 is 1.17 bits per heavy atom. The lowest BCUT2D eigenvalue weighted by atomic mass is 9.73. The Morgan fingerprint density at radius 3 is 2.45 bits per heavy atom. The summed E-state index contributed by atoms with van der Waals surface area (Å²) < 4.78 is 0. The lowest BCUT2D eigenvalue weighted by Crippen LogP contribution is -2.39. The van der Waals surface area contributed by atoms with Crippen molar-refractivity contribution in [3.8, 4) is 0 Å². The van der Waals surface area contributed by atoms with E-state index in [4.69, 9.17) is 0 Å². The van der Waals surface area contributed by atoms with Crippen LogP contribution in [0.15, 0.2) is 53.6 Å². The van der Waals surface area contributed by atoms with Gasteiger partial charge in [-0.3, -0.25) is 30.4 Å². The zero-order valence-corrected chi connectivity index (χ0v) is 15.4. The highest BCUT2D eigenvalue weighted by Gasteiger charge is 2.51. The normalized spacial score (nSPS) is 22.4. The maximum atomic E-state index is 12.2. The average molecular weight is 398 g/mol. The minimum atomic E-state index is -1.14. The Hall–Kier alpha value is -3.82. The number of hydrazone groups is 1. The van der Waals surface area contributed by atoms with Crippen molar-refractivity contribution in [2.75, 3.05) is 5.43 Å². The van der Waals surface area contributed by atoms with Crippen molar-refractivity contribution in [1.29, 1.82) is 0 Å². The van der Waals surface area contributed by atoms with E-state index in [1.165, 1.54) is 6.07 Å². The van der Waals surface area contributed by atoms with E-state index in [2.05, 4.69) is 10.5 Å². The van der Waals surface area contributed by atoms with Gasteiger partial charge in [0.05, 0.1) is 15.9 Å². The minimum absolute atomic E-state index is 0.00663. The van der Waals surface area contributed by atoms with Crippen molar-refractivity contribution < 1.29 is 19.7 Å². The van der Waals surface area contributed by atoms with Crippen LogP contribution in [-0.4, -0.2) is 26.6 Å². The van der Waals surface area contributed by atoms with Gasteiger partial charge in [0, 0.05) is 17.7 Å². The van der Waals surface area contributed by atoms with E-state index >= 15 is 0 Å². The van der Waals surface area contributed by atoms with Gasteiger partial charge < -0.3 is 5.11 Å². The van der Waals surface area contributed by atoms with E-state index in [1.54, 1.807) is 31.2 Å². The molecule has 2 aromatic rings. The molecule has 0 heterocycles. The molecule has 2 atom stereocenters. The van der Waals surface area contributed by atoms with E-state index in [1.807, 2.05) is 6.07 Å². The molecule has 3 rings (SSSR count). The number of nitrogens with one attached hydrogen (secondary N) is 1. The van der Waals surface area contributed by atoms with Crippen LogP contribution in [0.25, 0.3) is 0 Å². The maximum absolute atomic E-state index is 12.2. The summed E-state index contributed by atoms with van der Waals surface area (Å²) in [6, 6.07) is 12.1. The number of aliphatic carboxylic acids is 1. The predicted octanol–water partition coefficient (Wildman–Crippen LogP) is 3.72.